The molecule has 0 fully saturated rings. The predicted molar refractivity (Wildman–Crippen MR) is 125 cm³/mol. The summed E-state index contributed by atoms with van der Waals surface area (Å²) in [6.45, 7) is 5.78. The van der Waals surface area contributed by atoms with Crippen molar-refractivity contribution in [1.29, 1.82) is 0 Å². The number of aromatic nitrogens is 1. The van der Waals surface area contributed by atoms with Gasteiger partial charge in [-0.1, -0.05) is 48.0 Å². The lowest BCUT2D eigenvalue weighted by Crippen LogP contribution is -2.13. The van der Waals surface area contributed by atoms with Gasteiger partial charge in [-0.2, -0.15) is 4.98 Å². The van der Waals surface area contributed by atoms with E-state index in [2.05, 4.69) is 10.3 Å². The van der Waals surface area contributed by atoms with Crippen molar-refractivity contribution in [3.8, 4) is 17.2 Å². The summed E-state index contributed by atoms with van der Waals surface area (Å²) in [5.74, 6) is 0.986. The van der Waals surface area contributed by atoms with Gasteiger partial charge in [-0.05, 0) is 44.5 Å². The fourth-order valence-electron chi connectivity index (χ4n) is 3.75. The lowest BCUT2D eigenvalue weighted by atomic mass is 9.99. The molecule has 2 aromatic carbocycles. The summed E-state index contributed by atoms with van der Waals surface area (Å²) in [5, 5.41) is 4.33. The Bertz CT molecular complexity index is 1320. The fraction of sp³-hybridized carbons (Fsp3) is 0.200. The number of hydrogen-bond donors (Lipinski definition) is 1. The molecule has 1 N–H and O–H groups in total. The summed E-state index contributed by atoms with van der Waals surface area (Å²) in [4.78, 5) is 17.4. The van der Waals surface area contributed by atoms with Gasteiger partial charge in [0.25, 0.3) is 0 Å². The molecule has 4 aromatic rings. The van der Waals surface area contributed by atoms with E-state index in [4.69, 9.17) is 20.8 Å². The molecule has 0 spiro atoms. The summed E-state index contributed by atoms with van der Waals surface area (Å²) in [7, 11) is 1.55. The van der Waals surface area contributed by atoms with Crippen LogP contribution in [-0.4, -0.2) is 12.1 Å². The van der Waals surface area contributed by atoms with Crippen LogP contribution in [-0.2, 0) is 0 Å². The molecule has 0 unspecified atom stereocenters. The summed E-state index contributed by atoms with van der Waals surface area (Å²) >= 11 is 5.99. The van der Waals surface area contributed by atoms with Gasteiger partial charge in [0.05, 0.1) is 24.2 Å². The quantitative estimate of drug-likeness (QED) is 0.373. The molecule has 0 aliphatic rings. The Balaban J connectivity index is 1.88. The number of rotatable bonds is 5. The van der Waals surface area contributed by atoms with Gasteiger partial charge < -0.3 is 14.5 Å². The Kier molecular flexibility index (Phi) is 5.70. The lowest BCUT2D eigenvalue weighted by molar-refractivity contribution is 0.399. The van der Waals surface area contributed by atoms with E-state index in [1.165, 1.54) is 0 Å². The first-order valence-corrected chi connectivity index (χ1v) is 10.4. The number of ether oxygens (including phenoxy) is 1. The largest absolute Gasteiger partial charge is 0.479 e. The van der Waals surface area contributed by atoms with Gasteiger partial charge in [0.1, 0.15) is 16.5 Å². The summed E-state index contributed by atoms with van der Waals surface area (Å²) in [6.07, 6.45) is 0. The number of aryl methyl sites for hydroxylation is 1. The average Bonchev–Trinajstić information content (AvgIpc) is 2.77. The smallest absolute Gasteiger partial charge is 0.238 e. The first-order chi connectivity index (χ1) is 14.9. The van der Waals surface area contributed by atoms with Gasteiger partial charge in [0.15, 0.2) is 5.43 Å². The number of hydrogen-bond acceptors (Lipinski definition) is 5. The molecule has 158 valence electrons. The summed E-state index contributed by atoms with van der Waals surface area (Å²) in [5.41, 5.74) is 4.57. The van der Waals surface area contributed by atoms with E-state index in [9.17, 15) is 4.79 Å². The Labute approximate surface area is 185 Å². The topological polar surface area (TPSA) is 64.4 Å². The molecule has 0 amide bonds. The van der Waals surface area contributed by atoms with Crippen LogP contribution in [0.15, 0.2) is 63.8 Å². The monoisotopic (exact) mass is 434 g/mol. The van der Waals surface area contributed by atoms with Crippen molar-refractivity contribution in [3.05, 3.63) is 86.7 Å². The van der Waals surface area contributed by atoms with E-state index >= 15 is 0 Å². The number of halogens is 1. The average molecular weight is 435 g/mol. The van der Waals surface area contributed by atoms with Crippen molar-refractivity contribution < 1.29 is 9.15 Å². The predicted octanol–water partition coefficient (Wildman–Crippen LogP) is 6.31. The van der Waals surface area contributed by atoms with E-state index in [1.54, 1.807) is 13.2 Å². The number of fused-ring (bicyclic) bond motifs is 1. The molecule has 2 heterocycles. The zero-order chi connectivity index (χ0) is 22.1. The van der Waals surface area contributed by atoms with Crippen LogP contribution in [0.2, 0.25) is 5.15 Å². The van der Waals surface area contributed by atoms with Crippen LogP contribution >= 0.6 is 11.6 Å². The highest BCUT2D eigenvalue weighted by Crippen LogP contribution is 2.33. The number of benzene rings is 2. The molecule has 4 rings (SSSR count). The Morgan fingerprint density at radius 1 is 1.10 bits per heavy atom. The molecule has 0 saturated heterocycles. The molecular weight excluding hydrogens is 412 g/mol. The second-order valence-electron chi connectivity index (χ2n) is 7.54. The van der Waals surface area contributed by atoms with Gasteiger partial charge >= 0.3 is 0 Å². The first kappa shape index (κ1) is 20.9. The molecule has 0 bridgehead atoms. The zero-order valence-electron chi connectivity index (χ0n) is 17.8. The number of pyridine rings is 1. The van der Waals surface area contributed by atoms with Gasteiger partial charge in [0, 0.05) is 16.7 Å². The van der Waals surface area contributed by atoms with Crippen LogP contribution in [0.1, 0.15) is 29.7 Å². The van der Waals surface area contributed by atoms with Crippen LogP contribution in [0.3, 0.4) is 0 Å². The van der Waals surface area contributed by atoms with Crippen LogP contribution < -0.4 is 15.5 Å². The van der Waals surface area contributed by atoms with Crippen LogP contribution in [0.4, 0.5) is 5.69 Å². The van der Waals surface area contributed by atoms with Gasteiger partial charge in [-0.25, -0.2) is 0 Å². The van der Waals surface area contributed by atoms with E-state index in [-0.39, 0.29) is 11.5 Å². The summed E-state index contributed by atoms with van der Waals surface area (Å²) < 4.78 is 11.7. The van der Waals surface area contributed by atoms with Crippen molar-refractivity contribution in [2.45, 2.75) is 26.8 Å². The second-order valence-corrected chi connectivity index (χ2v) is 7.93. The molecule has 0 saturated carbocycles. The molecule has 31 heavy (non-hydrogen) atoms. The minimum Gasteiger partial charge on any atom is -0.479 e. The Morgan fingerprint density at radius 2 is 1.84 bits per heavy atom. The minimum atomic E-state index is -0.186. The van der Waals surface area contributed by atoms with Gasteiger partial charge in [-0.15, -0.1) is 0 Å². The molecule has 0 radical (unpaired) electrons. The maximum absolute atomic E-state index is 13.2. The highest BCUT2D eigenvalue weighted by Gasteiger charge is 2.20. The molecule has 2 aromatic heterocycles. The molecule has 6 heteroatoms. The molecule has 0 aliphatic carbocycles. The zero-order valence-corrected chi connectivity index (χ0v) is 18.6. The van der Waals surface area contributed by atoms with Crippen molar-refractivity contribution in [2.24, 2.45) is 0 Å². The molecule has 0 aliphatic heterocycles. The van der Waals surface area contributed by atoms with E-state index in [0.29, 0.717) is 39.0 Å². The molecule has 5 nitrogen and oxygen atoms in total. The van der Waals surface area contributed by atoms with E-state index in [0.717, 1.165) is 16.7 Å². The molecular formula is C25H23ClN2O3. The normalized spacial score (nSPS) is 12.0. The second kappa shape index (κ2) is 8.44. The Morgan fingerprint density at radius 3 is 2.55 bits per heavy atom. The van der Waals surface area contributed by atoms with Crippen molar-refractivity contribution in [3.63, 3.8) is 0 Å². The van der Waals surface area contributed by atoms with Crippen molar-refractivity contribution in [2.75, 3.05) is 12.4 Å². The van der Waals surface area contributed by atoms with Gasteiger partial charge in [-0.3, -0.25) is 4.79 Å². The number of anilines is 1. The number of methoxy groups -OCH3 is 1. The first-order valence-electron chi connectivity index (χ1n) is 9.99. The number of nitrogens with zero attached hydrogens (tertiary/aromatic N) is 1. The highest BCUT2D eigenvalue weighted by molar-refractivity contribution is 6.29. The van der Waals surface area contributed by atoms with Crippen LogP contribution in [0, 0.1) is 13.8 Å². The highest BCUT2D eigenvalue weighted by atomic mass is 35.5. The molecule has 1 atom stereocenters. The van der Waals surface area contributed by atoms with Crippen LogP contribution in [0.5, 0.6) is 5.88 Å². The Hall–Kier alpha value is -3.31. The van der Waals surface area contributed by atoms with E-state index in [1.807, 2.05) is 69.3 Å². The maximum atomic E-state index is 13.2. The van der Waals surface area contributed by atoms with Crippen molar-refractivity contribution in [1.82, 2.24) is 4.98 Å². The summed E-state index contributed by atoms with van der Waals surface area (Å²) in [6, 6.07) is 16.9. The lowest BCUT2D eigenvalue weighted by Gasteiger charge is -2.20. The third-order valence-corrected chi connectivity index (χ3v) is 5.50. The third-order valence-electron chi connectivity index (χ3n) is 5.29. The fourth-order valence-corrected chi connectivity index (χ4v) is 3.89. The SMILES string of the molecule is COc1nc(Cl)ccc1N[C@H](C)c1cc(C)cc2c(=O)c(C)c(-c3ccccc3)oc12. The van der Waals surface area contributed by atoms with Crippen molar-refractivity contribution >= 4 is 28.3 Å². The minimum absolute atomic E-state index is 0.0250. The van der Waals surface area contributed by atoms with Gasteiger partial charge in [0.2, 0.25) is 5.88 Å². The standard InChI is InChI=1S/C25H23ClN2O3/c1-14-12-18(16(3)27-20-10-11-21(26)28-25(20)30-4)24-19(13-14)22(29)15(2)23(31-24)17-8-6-5-7-9-17/h5-13,16,27H,1-4H3/t16-/m1/s1. The number of nitrogens with one attached hydrogen (secondary N) is 1. The third kappa shape index (κ3) is 4.01. The maximum Gasteiger partial charge on any atom is 0.238 e. The van der Waals surface area contributed by atoms with Crippen LogP contribution in [0.25, 0.3) is 22.3 Å². The van der Waals surface area contributed by atoms with E-state index < -0.39 is 0 Å².